The quantitative estimate of drug-likeness (QED) is 0.679. The fourth-order valence-electron chi connectivity index (χ4n) is 1.87. The van der Waals surface area contributed by atoms with E-state index in [9.17, 15) is 26.4 Å². The van der Waals surface area contributed by atoms with Gasteiger partial charge in [-0.15, -0.1) is 0 Å². The molecule has 0 heterocycles. The lowest BCUT2D eigenvalue weighted by Crippen LogP contribution is -2.41. The molecule has 130 valence electrons. The Bertz CT molecular complexity index is 647. The number of nitrogens with one attached hydrogen (secondary N) is 3. The average Bonchev–Trinajstić information content (AvgIpc) is 2.41. The lowest BCUT2D eigenvalue weighted by Gasteiger charge is -2.19. The van der Waals surface area contributed by atoms with Crippen molar-refractivity contribution in [2.45, 2.75) is 19.1 Å². The zero-order valence-electron chi connectivity index (χ0n) is 12.6. The SMILES string of the molecule is C[C@@H](NC(=O)NCCNS(C)(=O)=O)c1ccccc1C(F)(F)F. The number of hydrogen-bond acceptors (Lipinski definition) is 3. The zero-order chi connectivity index (χ0) is 17.7. The third kappa shape index (κ3) is 6.87. The Labute approximate surface area is 132 Å². The molecule has 0 aliphatic heterocycles. The summed E-state index contributed by atoms with van der Waals surface area (Å²) in [6, 6.07) is 3.41. The molecule has 0 aliphatic carbocycles. The van der Waals surface area contributed by atoms with Gasteiger partial charge in [0.1, 0.15) is 0 Å². The van der Waals surface area contributed by atoms with Gasteiger partial charge in [0.25, 0.3) is 0 Å². The predicted octanol–water partition coefficient (Wildman–Crippen LogP) is 1.61. The second-order valence-corrected chi connectivity index (χ2v) is 6.71. The molecular weight excluding hydrogens is 335 g/mol. The summed E-state index contributed by atoms with van der Waals surface area (Å²) in [5.41, 5.74) is -0.865. The predicted molar refractivity (Wildman–Crippen MR) is 79.2 cm³/mol. The molecule has 0 aromatic heterocycles. The minimum absolute atomic E-state index is 0.00649. The molecule has 23 heavy (non-hydrogen) atoms. The van der Waals surface area contributed by atoms with Crippen molar-refractivity contribution in [2.75, 3.05) is 19.3 Å². The van der Waals surface area contributed by atoms with Crippen molar-refractivity contribution in [3.05, 3.63) is 35.4 Å². The van der Waals surface area contributed by atoms with Crippen molar-refractivity contribution in [1.82, 2.24) is 15.4 Å². The van der Waals surface area contributed by atoms with Gasteiger partial charge < -0.3 is 10.6 Å². The lowest BCUT2D eigenvalue weighted by atomic mass is 10.0. The van der Waals surface area contributed by atoms with Gasteiger partial charge in [-0.25, -0.2) is 17.9 Å². The molecule has 1 rings (SSSR count). The van der Waals surface area contributed by atoms with Crippen LogP contribution in [0, 0.1) is 0 Å². The highest BCUT2D eigenvalue weighted by Crippen LogP contribution is 2.34. The second-order valence-electron chi connectivity index (χ2n) is 4.87. The molecule has 1 atom stereocenters. The van der Waals surface area contributed by atoms with Crippen molar-refractivity contribution in [3.8, 4) is 0 Å². The minimum Gasteiger partial charge on any atom is -0.337 e. The van der Waals surface area contributed by atoms with Crippen LogP contribution in [-0.4, -0.2) is 33.8 Å². The Hall–Kier alpha value is -1.81. The van der Waals surface area contributed by atoms with Gasteiger partial charge >= 0.3 is 12.2 Å². The van der Waals surface area contributed by atoms with Crippen molar-refractivity contribution >= 4 is 16.1 Å². The third-order valence-corrected chi connectivity index (χ3v) is 3.58. The van der Waals surface area contributed by atoms with Crippen LogP contribution in [0.5, 0.6) is 0 Å². The number of rotatable bonds is 6. The monoisotopic (exact) mass is 353 g/mol. The number of amides is 2. The maximum absolute atomic E-state index is 12.9. The molecule has 6 nitrogen and oxygen atoms in total. The van der Waals surface area contributed by atoms with Crippen LogP contribution in [-0.2, 0) is 16.2 Å². The molecule has 0 bridgehead atoms. The molecule has 0 spiro atoms. The largest absolute Gasteiger partial charge is 0.416 e. The van der Waals surface area contributed by atoms with Crippen LogP contribution in [0.3, 0.4) is 0 Å². The molecule has 0 saturated heterocycles. The molecule has 0 radical (unpaired) electrons. The first-order valence-corrected chi connectivity index (χ1v) is 8.55. The van der Waals surface area contributed by atoms with E-state index in [1.54, 1.807) is 0 Å². The van der Waals surface area contributed by atoms with E-state index >= 15 is 0 Å². The molecule has 1 aromatic rings. The number of alkyl halides is 3. The number of hydrogen-bond donors (Lipinski definition) is 3. The molecule has 1 aromatic carbocycles. The first-order valence-electron chi connectivity index (χ1n) is 6.66. The van der Waals surface area contributed by atoms with E-state index in [1.165, 1.54) is 25.1 Å². The molecule has 0 unspecified atom stereocenters. The van der Waals surface area contributed by atoms with Crippen LogP contribution in [0.2, 0.25) is 0 Å². The number of carbonyl (C=O) groups excluding carboxylic acids is 1. The van der Waals surface area contributed by atoms with E-state index in [2.05, 4.69) is 15.4 Å². The minimum atomic E-state index is -4.51. The van der Waals surface area contributed by atoms with Gasteiger partial charge in [0.15, 0.2) is 0 Å². The van der Waals surface area contributed by atoms with Crippen molar-refractivity contribution in [3.63, 3.8) is 0 Å². The van der Waals surface area contributed by atoms with Crippen LogP contribution < -0.4 is 15.4 Å². The van der Waals surface area contributed by atoms with Gasteiger partial charge in [0.05, 0.1) is 17.9 Å². The van der Waals surface area contributed by atoms with Gasteiger partial charge in [-0.3, -0.25) is 0 Å². The first kappa shape index (κ1) is 19.2. The summed E-state index contributed by atoms with van der Waals surface area (Å²) in [6.07, 6.45) is -3.54. The normalized spacial score (nSPS) is 13.4. The molecule has 2 amide bonds. The van der Waals surface area contributed by atoms with Crippen LogP contribution in [0.15, 0.2) is 24.3 Å². The highest BCUT2D eigenvalue weighted by atomic mass is 32.2. The summed E-state index contributed by atoms with van der Waals surface area (Å²) in [7, 11) is -3.36. The van der Waals surface area contributed by atoms with E-state index in [0.29, 0.717) is 0 Å². The maximum atomic E-state index is 12.9. The van der Waals surface area contributed by atoms with E-state index in [4.69, 9.17) is 0 Å². The van der Waals surface area contributed by atoms with Crippen LogP contribution in [0.4, 0.5) is 18.0 Å². The van der Waals surface area contributed by atoms with Gasteiger partial charge in [0, 0.05) is 13.1 Å². The standard InChI is InChI=1S/C13H18F3N3O3S/c1-9(10-5-3-4-6-11(10)13(14,15)16)19-12(20)17-7-8-18-23(2,21)22/h3-6,9,18H,7-8H2,1-2H3,(H2,17,19,20)/t9-/m1/s1. The molecule has 10 heteroatoms. The van der Waals surface area contributed by atoms with Gasteiger partial charge in [-0.2, -0.15) is 13.2 Å². The van der Waals surface area contributed by atoms with Gasteiger partial charge in [-0.1, -0.05) is 18.2 Å². The summed E-state index contributed by atoms with van der Waals surface area (Å²) >= 11 is 0. The summed E-state index contributed by atoms with van der Waals surface area (Å²) in [4.78, 5) is 11.6. The van der Waals surface area contributed by atoms with E-state index in [0.717, 1.165) is 12.3 Å². The maximum Gasteiger partial charge on any atom is 0.416 e. The Morgan fingerprint density at radius 3 is 2.39 bits per heavy atom. The number of halogens is 3. The van der Waals surface area contributed by atoms with Crippen molar-refractivity contribution in [1.29, 1.82) is 0 Å². The zero-order valence-corrected chi connectivity index (χ0v) is 13.4. The van der Waals surface area contributed by atoms with Crippen molar-refractivity contribution < 1.29 is 26.4 Å². The topological polar surface area (TPSA) is 87.3 Å². The Balaban J connectivity index is 2.60. The molecule has 0 saturated carbocycles. The highest BCUT2D eigenvalue weighted by molar-refractivity contribution is 7.88. The van der Waals surface area contributed by atoms with Crippen molar-refractivity contribution in [2.24, 2.45) is 0 Å². The van der Waals surface area contributed by atoms with Crippen LogP contribution >= 0.6 is 0 Å². The first-order chi connectivity index (χ1) is 10.5. The Morgan fingerprint density at radius 2 is 1.83 bits per heavy atom. The van der Waals surface area contributed by atoms with E-state index in [-0.39, 0.29) is 18.7 Å². The fraction of sp³-hybridized carbons (Fsp3) is 0.462. The lowest BCUT2D eigenvalue weighted by molar-refractivity contribution is -0.138. The van der Waals surface area contributed by atoms with E-state index in [1.807, 2.05) is 0 Å². The summed E-state index contributed by atoms with van der Waals surface area (Å²) in [5.74, 6) is 0. The van der Waals surface area contributed by atoms with E-state index < -0.39 is 33.8 Å². The molecular formula is C13H18F3N3O3S. The third-order valence-electron chi connectivity index (χ3n) is 2.86. The molecule has 0 fully saturated rings. The average molecular weight is 353 g/mol. The number of urea groups is 1. The Morgan fingerprint density at radius 1 is 1.22 bits per heavy atom. The van der Waals surface area contributed by atoms with Crippen LogP contribution in [0.1, 0.15) is 24.1 Å². The Kier molecular flexibility index (Phi) is 6.39. The summed E-state index contributed by atoms with van der Waals surface area (Å²) in [5, 5.41) is 4.73. The number of carbonyl (C=O) groups is 1. The number of sulfonamides is 1. The smallest absolute Gasteiger partial charge is 0.337 e. The summed E-state index contributed by atoms with van der Waals surface area (Å²) < 4.78 is 62.6. The fourth-order valence-corrected chi connectivity index (χ4v) is 2.34. The van der Waals surface area contributed by atoms with Gasteiger partial charge in [0.2, 0.25) is 10.0 Å². The highest BCUT2D eigenvalue weighted by Gasteiger charge is 2.34. The number of benzene rings is 1. The molecule has 0 aliphatic rings. The van der Waals surface area contributed by atoms with Crippen LogP contribution in [0.25, 0.3) is 0 Å². The summed E-state index contributed by atoms with van der Waals surface area (Å²) in [6.45, 7) is 1.42. The van der Waals surface area contributed by atoms with Gasteiger partial charge in [-0.05, 0) is 18.6 Å². The molecule has 3 N–H and O–H groups in total. The second kappa shape index (κ2) is 7.64.